The SMILES string of the molecule is CC1(CNc2ccc(O)cc2)N=N1. The summed E-state index contributed by atoms with van der Waals surface area (Å²) in [6.07, 6.45) is 0. The Bertz CT molecular complexity index is 325. The number of hydrogen-bond acceptors (Lipinski definition) is 4. The van der Waals surface area contributed by atoms with Crippen molar-refractivity contribution in [2.75, 3.05) is 11.9 Å². The molecule has 0 radical (unpaired) electrons. The molecule has 0 atom stereocenters. The fourth-order valence-corrected chi connectivity index (χ4v) is 1.00. The first-order valence-corrected chi connectivity index (χ1v) is 4.15. The smallest absolute Gasteiger partial charge is 0.205 e. The molecule has 1 aliphatic heterocycles. The van der Waals surface area contributed by atoms with Gasteiger partial charge in [0.05, 0.1) is 6.54 Å². The molecule has 0 aromatic heterocycles. The van der Waals surface area contributed by atoms with Crippen molar-refractivity contribution in [3.63, 3.8) is 0 Å². The molecule has 1 heterocycles. The van der Waals surface area contributed by atoms with Crippen LogP contribution in [-0.2, 0) is 0 Å². The summed E-state index contributed by atoms with van der Waals surface area (Å²) in [5.41, 5.74) is 0.745. The minimum Gasteiger partial charge on any atom is -0.508 e. The van der Waals surface area contributed by atoms with E-state index in [1.54, 1.807) is 12.1 Å². The van der Waals surface area contributed by atoms with Crippen LogP contribution in [0.2, 0.25) is 0 Å². The molecule has 4 nitrogen and oxygen atoms in total. The summed E-state index contributed by atoms with van der Waals surface area (Å²) in [7, 11) is 0. The van der Waals surface area contributed by atoms with Crippen LogP contribution in [0.1, 0.15) is 6.92 Å². The maximum atomic E-state index is 9.03. The zero-order chi connectivity index (χ0) is 9.31. The third kappa shape index (κ3) is 1.96. The van der Waals surface area contributed by atoms with Gasteiger partial charge in [0.25, 0.3) is 0 Å². The molecule has 0 saturated carbocycles. The second-order valence-electron chi connectivity index (χ2n) is 3.32. The van der Waals surface area contributed by atoms with Gasteiger partial charge in [0.15, 0.2) is 0 Å². The Hall–Kier alpha value is -1.58. The quantitative estimate of drug-likeness (QED) is 0.693. The molecule has 2 N–H and O–H groups in total. The summed E-state index contributed by atoms with van der Waals surface area (Å²) in [4.78, 5) is 0. The van der Waals surface area contributed by atoms with Crippen LogP contribution in [0.25, 0.3) is 0 Å². The lowest BCUT2D eigenvalue weighted by atomic mass is 10.2. The van der Waals surface area contributed by atoms with Crippen LogP contribution in [0, 0.1) is 0 Å². The molecule has 13 heavy (non-hydrogen) atoms. The lowest BCUT2D eigenvalue weighted by Gasteiger charge is -2.07. The molecule has 0 spiro atoms. The summed E-state index contributed by atoms with van der Waals surface area (Å²) in [5.74, 6) is 0.276. The third-order valence-corrected chi connectivity index (χ3v) is 1.94. The number of hydrogen-bond donors (Lipinski definition) is 2. The van der Waals surface area contributed by atoms with Gasteiger partial charge in [-0.3, -0.25) is 0 Å². The largest absolute Gasteiger partial charge is 0.508 e. The average molecular weight is 177 g/mol. The predicted molar refractivity (Wildman–Crippen MR) is 49.9 cm³/mol. The highest BCUT2D eigenvalue weighted by Gasteiger charge is 2.33. The Labute approximate surface area is 76.3 Å². The highest BCUT2D eigenvalue weighted by molar-refractivity contribution is 5.46. The second-order valence-corrected chi connectivity index (χ2v) is 3.32. The van der Waals surface area contributed by atoms with Crippen LogP contribution >= 0.6 is 0 Å². The molecule has 1 aromatic carbocycles. The van der Waals surface area contributed by atoms with E-state index in [4.69, 9.17) is 5.11 Å². The summed E-state index contributed by atoms with van der Waals surface area (Å²) < 4.78 is 0. The molecule has 0 fully saturated rings. The zero-order valence-corrected chi connectivity index (χ0v) is 7.36. The van der Waals surface area contributed by atoms with Gasteiger partial charge in [0.2, 0.25) is 5.66 Å². The molecule has 0 amide bonds. The highest BCUT2D eigenvalue weighted by atomic mass is 16.3. The van der Waals surface area contributed by atoms with Gasteiger partial charge in [-0.2, -0.15) is 10.2 Å². The van der Waals surface area contributed by atoms with Crippen molar-refractivity contribution in [1.82, 2.24) is 0 Å². The van der Waals surface area contributed by atoms with Crippen molar-refractivity contribution in [2.24, 2.45) is 10.2 Å². The molecule has 0 unspecified atom stereocenters. The van der Waals surface area contributed by atoms with Crippen molar-refractivity contribution >= 4 is 5.69 Å². The van der Waals surface area contributed by atoms with E-state index in [-0.39, 0.29) is 11.4 Å². The molecule has 0 bridgehead atoms. The van der Waals surface area contributed by atoms with Crippen LogP contribution in [-0.4, -0.2) is 17.3 Å². The van der Waals surface area contributed by atoms with Crippen LogP contribution in [0.3, 0.4) is 0 Å². The number of nitrogens with one attached hydrogen (secondary N) is 1. The van der Waals surface area contributed by atoms with E-state index in [9.17, 15) is 0 Å². The Morgan fingerprint density at radius 2 is 1.92 bits per heavy atom. The molecule has 4 heteroatoms. The first-order chi connectivity index (χ1) is 6.18. The Balaban J connectivity index is 1.91. The standard InChI is InChI=1S/C9H11N3O/c1-9(11-12-9)6-10-7-2-4-8(13)5-3-7/h2-5,10,13H,6H2,1H3. The van der Waals surface area contributed by atoms with Crippen molar-refractivity contribution in [2.45, 2.75) is 12.6 Å². The monoisotopic (exact) mass is 177 g/mol. The molecular weight excluding hydrogens is 166 g/mol. The Morgan fingerprint density at radius 3 is 2.46 bits per heavy atom. The summed E-state index contributed by atoms with van der Waals surface area (Å²) in [6.45, 7) is 2.66. The molecular formula is C9H11N3O. The molecule has 1 aromatic rings. The number of anilines is 1. The fraction of sp³-hybridized carbons (Fsp3) is 0.333. The topological polar surface area (TPSA) is 57.0 Å². The van der Waals surface area contributed by atoms with Gasteiger partial charge < -0.3 is 10.4 Å². The lowest BCUT2D eigenvalue weighted by molar-refractivity contribution is 0.475. The molecule has 68 valence electrons. The average Bonchev–Trinajstić information content (AvgIpc) is 2.84. The van der Waals surface area contributed by atoms with E-state index in [2.05, 4.69) is 15.5 Å². The minimum absolute atomic E-state index is 0.224. The number of rotatable bonds is 3. The maximum absolute atomic E-state index is 9.03. The predicted octanol–water partition coefficient (Wildman–Crippen LogP) is 1.99. The first kappa shape index (κ1) is 8.04. The van der Waals surface area contributed by atoms with E-state index in [0.717, 1.165) is 5.69 Å². The van der Waals surface area contributed by atoms with Crippen molar-refractivity contribution < 1.29 is 5.11 Å². The van der Waals surface area contributed by atoms with Gasteiger partial charge >= 0.3 is 0 Å². The van der Waals surface area contributed by atoms with Gasteiger partial charge in [-0.1, -0.05) is 0 Å². The normalized spacial score (nSPS) is 17.0. The molecule has 2 rings (SSSR count). The van der Waals surface area contributed by atoms with Gasteiger partial charge in [-0.25, -0.2) is 0 Å². The van der Waals surface area contributed by atoms with Crippen molar-refractivity contribution in [1.29, 1.82) is 0 Å². The van der Waals surface area contributed by atoms with E-state index >= 15 is 0 Å². The number of benzene rings is 1. The number of phenols is 1. The Kier molecular flexibility index (Phi) is 1.69. The maximum Gasteiger partial charge on any atom is 0.205 e. The van der Waals surface area contributed by atoms with Gasteiger partial charge in [-0.05, 0) is 31.2 Å². The van der Waals surface area contributed by atoms with E-state index in [0.29, 0.717) is 6.54 Å². The zero-order valence-electron chi connectivity index (χ0n) is 7.36. The molecule has 0 aliphatic carbocycles. The minimum atomic E-state index is -0.224. The number of phenolic OH excluding ortho intramolecular Hbond substituents is 1. The van der Waals surface area contributed by atoms with Gasteiger partial charge in [0, 0.05) is 5.69 Å². The lowest BCUT2D eigenvalue weighted by Crippen LogP contribution is -2.18. The van der Waals surface area contributed by atoms with E-state index in [1.807, 2.05) is 19.1 Å². The first-order valence-electron chi connectivity index (χ1n) is 4.15. The third-order valence-electron chi connectivity index (χ3n) is 1.94. The summed E-state index contributed by atoms with van der Waals surface area (Å²) in [6, 6.07) is 6.93. The van der Waals surface area contributed by atoms with Crippen molar-refractivity contribution in [3.8, 4) is 5.75 Å². The summed E-state index contributed by atoms with van der Waals surface area (Å²) >= 11 is 0. The van der Waals surface area contributed by atoms with Gasteiger partial charge in [-0.15, -0.1) is 0 Å². The van der Waals surface area contributed by atoms with E-state index < -0.39 is 0 Å². The van der Waals surface area contributed by atoms with Crippen LogP contribution in [0.5, 0.6) is 5.75 Å². The van der Waals surface area contributed by atoms with E-state index in [1.165, 1.54) is 0 Å². The number of nitrogens with zero attached hydrogens (tertiary/aromatic N) is 2. The van der Waals surface area contributed by atoms with Gasteiger partial charge in [0.1, 0.15) is 5.75 Å². The summed E-state index contributed by atoms with van der Waals surface area (Å²) in [5, 5.41) is 20.0. The fourth-order valence-electron chi connectivity index (χ4n) is 1.00. The molecule has 1 aliphatic rings. The van der Waals surface area contributed by atoms with Crippen LogP contribution in [0.4, 0.5) is 5.69 Å². The number of aromatic hydroxyl groups is 1. The highest BCUT2D eigenvalue weighted by Crippen LogP contribution is 2.27. The second kappa shape index (κ2) is 2.73. The van der Waals surface area contributed by atoms with Crippen LogP contribution in [0.15, 0.2) is 34.5 Å². The Morgan fingerprint density at radius 1 is 1.31 bits per heavy atom. The molecule has 0 saturated heterocycles. The van der Waals surface area contributed by atoms with Crippen LogP contribution < -0.4 is 5.32 Å². The van der Waals surface area contributed by atoms with Crippen molar-refractivity contribution in [3.05, 3.63) is 24.3 Å².